The highest BCUT2D eigenvalue weighted by atomic mass is 35.5. The number of carbonyl (C=O) groups is 3. The van der Waals surface area contributed by atoms with Crippen LogP contribution >= 0.6 is 11.6 Å². The van der Waals surface area contributed by atoms with Gasteiger partial charge in [0.25, 0.3) is 11.8 Å². The van der Waals surface area contributed by atoms with E-state index in [0.717, 1.165) is 5.69 Å². The number of benzene rings is 2. The van der Waals surface area contributed by atoms with Gasteiger partial charge in [0.2, 0.25) is 0 Å². The van der Waals surface area contributed by atoms with E-state index >= 15 is 0 Å². The maximum Gasteiger partial charge on any atom is 0.261 e. The van der Waals surface area contributed by atoms with E-state index in [0.29, 0.717) is 48.0 Å². The molecule has 0 aliphatic carbocycles. The summed E-state index contributed by atoms with van der Waals surface area (Å²) in [5.74, 6) is -0.813. The average Bonchev–Trinajstić information content (AvgIpc) is 2.89. The smallest absolute Gasteiger partial charge is 0.261 e. The van der Waals surface area contributed by atoms with Crippen LogP contribution in [-0.4, -0.2) is 53.7 Å². The number of Topliss-reactive ketones (excluding diaryl/α,β-unsaturated/α-hetero) is 1. The molecular formula is C27H25ClN4O3. The van der Waals surface area contributed by atoms with Crippen molar-refractivity contribution in [3.05, 3.63) is 94.8 Å². The fourth-order valence-electron chi connectivity index (χ4n) is 3.83. The van der Waals surface area contributed by atoms with Gasteiger partial charge < -0.3 is 15.1 Å². The summed E-state index contributed by atoms with van der Waals surface area (Å²) < 4.78 is 0. The molecule has 7 nitrogen and oxygen atoms in total. The largest absolute Gasteiger partial charge is 0.368 e. The molecule has 3 aromatic rings. The number of piperazine rings is 1. The van der Waals surface area contributed by atoms with Crippen molar-refractivity contribution in [2.45, 2.75) is 6.92 Å². The van der Waals surface area contributed by atoms with Crippen molar-refractivity contribution in [3.63, 3.8) is 0 Å². The van der Waals surface area contributed by atoms with Gasteiger partial charge in [-0.3, -0.25) is 19.4 Å². The first kappa shape index (κ1) is 24.2. The van der Waals surface area contributed by atoms with Gasteiger partial charge in [0.05, 0.1) is 0 Å². The van der Waals surface area contributed by atoms with Crippen LogP contribution in [-0.2, 0) is 9.59 Å². The fourth-order valence-corrected chi connectivity index (χ4v) is 3.96. The van der Waals surface area contributed by atoms with E-state index in [4.69, 9.17) is 11.6 Å². The number of ketones is 1. The summed E-state index contributed by atoms with van der Waals surface area (Å²) in [5, 5.41) is 3.34. The van der Waals surface area contributed by atoms with Crippen molar-refractivity contribution in [3.8, 4) is 0 Å². The Balaban J connectivity index is 1.49. The molecule has 0 atom stereocenters. The Hall–Kier alpha value is -3.97. The number of nitrogens with one attached hydrogen (secondary N) is 1. The molecule has 1 aliphatic heterocycles. The van der Waals surface area contributed by atoms with Crippen molar-refractivity contribution < 1.29 is 14.4 Å². The first-order chi connectivity index (χ1) is 16.9. The van der Waals surface area contributed by atoms with Gasteiger partial charge in [-0.25, -0.2) is 0 Å². The quantitative estimate of drug-likeness (QED) is 0.242. The van der Waals surface area contributed by atoms with Gasteiger partial charge in [-0.15, -0.1) is 0 Å². The van der Waals surface area contributed by atoms with Crippen LogP contribution in [0.15, 0.2) is 78.6 Å². The Morgan fingerprint density at radius 3 is 2.23 bits per heavy atom. The molecule has 2 heterocycles. The minimum Gasteiger partial charge on any atom is -0.368 e. The summed E-state index contributed by atoms with van der Waals surface area (Å²) in [4.78, 5) is 46.0. The van der Waals surface area contributed by atoms with Crippen molar-refractivity contribution in [2.75, 3.05) is 36.4 Å². The highest BCUT2D eigenvalue weighted by molar-refractivity contribution is 6.30. The molecule has 178 valence electrons. The van der Waals surface area contributed by atoms with Gasteiger partial charge >= 0.3 is 0 Å². The zero-order valence-electron chi connectivity index (χ0n) is 19.3. The standard InChI is InChI=1S/C27H25ClN4O3/c1-19(33)21-4-10-24(11-5-21)31-13-15-32(16-14-31)27(35)25(17-20-3-2-12-29-18-20)26(34)30-23-8-6-22(28)7-9-23/h2-12,17-18H,13-16H2,1H3,(H,30,34)/b25-17+. The number of rotatable bonds is 6. The fraction of sp³-hybridized carbons (Fsp3) is 0.185. The Morgan fingerprint density at radius 1 is 0.943 bits per heavy atom. The predicted octanol–water partition coefficient (Wildman–Crippen LogP) is 4.31. The molecule has 0 bridgehead atoms. The number of pyridine rings is 1. The second-order valence-electron chi connectivity index (χ2n) is 8.19. The third-order valence-corrected chi connectivity index (χ3v) is 6.03. The Labute approximate surface area is 209 Å². The summed E-state index contributed by atoms with van der Waals surface area (Å²) >= 11 is 5.94. The molecule has 1 aromatic heterocycles. The van der Waals surface area contributed by atoms with Gasteiger partial charge in [0, 0.05) is 60.5 Å². The molecule has 1 fully saturated rings. The summed E-state index contributed by atoms with van der Waals surface area (Å²) in [5.41, 5.74) is 2.90. The average molecular weight is 489 g/mol. The summed E-state index contributed by atoms with van der Waals surface area (Å²) in [7, 11) is 0. The van der Waals surface area contributed by atoms with E-state index in [1.165, 1.54) is 0 Å². The van der Waals surface area contributed by atoms with Gasteiger partial charge in [-0.1, -0.05) is 17.7 Å². The molecule has 2 amide bonds. The molecule has 0 saturated carbocycles. The van der Waals surface area contributed by atoms with Crippen molar-refractivity contribution >= 4 is 46.6 Å². The third-order valence-electron chi connectivity index (χ3n) is 5.78. The first-order valence-corrected chi connectivity index (χ1v) is 11.6. The van der Waals surface area contributed by atoms with Crippen LogP contribution < -0.4 is 10.2 Å². The van der Waals surface area contributed by atoms with Gasteiger partial charge in [-0.2, -0.15) is 0 Å². The number of aromatic nitrogens is 1. The highest BCUT2D eigenvalue weighted by Crippen LogP contribution is 2.20. The maximum absolute atomic E-state index is 13.5. The number of hydrogen-bond acceptors (Lipinski definition) is 5. The number of amides is 2. The normalized spacial score (nSPS) is 13.9. The topological polar surface area (TPSA) is 82.6 Å². The molecule has 8 heteroatoms. The molecule has 1 saturated heterocycles. The third kappa shape index (κ3) is 6.13. The van der Waals surface area contributed by atoms with E-state index < -0.39 is 5.91 Å². The first-order valence-electron chi connectivity index (χ1n) is 11.2. The Kier molecular flexibility index (Phi) is 7.57. The van der Waals surface area contributed by atoms with Gasteiger partial charge in [0.1, 0.15) is 5.57 Å². The van der Waals surface area contributed by atoms with E-state index in [9.17, 15) is 14.4 Å². The molecule has 35 heavy (non-hydrogen) atoms. The van der Waals surface area contributed by atoms with Crippen LogP contribution in [0, 0.1) is 0 Å². The Bertz CT molecular complexity index is 1230. The molecule has 2 aromatic carbocycles. The van der Waals surface area contributed by atoms with Crippen LogP contribution in [0.5, 0.6) is 0 Å². The molecule has 0 radical (unpaired) electrons. The second kappa shape index (κ2) is 11.0. The molecule has 0 spiro atoms. The van der Waals surface area contributed by atoms with Crippen LogP contribution in [0.1, 0.15) is 22.8 Å². The van der Waals surface area contributed by atoms with E-state index in [1.54, 1.807) is 66.7 Å². The van der Waals surface area contributed by atoms with Gasteiger partial charge in [0.15, 0.2) is 5.78 Å². The summed E-state index contributed by atoms with van der Waals surface area (Å²) in [6.07, 6.45) is 4.80. The monoisotopic (exact) mass is 488 g/mol. The van der Waals surface area contributed by atoms with E-state index in [-0.39, 0.29) is 17.3 Å². The molecule has 0 unspecified atom stereocenters. The van der Waals surface area contributed by atoms with E-state index in [2.05, 4.69) is 15.2 Å². The van der Waals surface area contributed by atoms with Crippen molar-refractivity contribution in [1.82, 2.24) is 9.88 Å². The minimum atomic E-state index is -0.497. The summed E-state index contributed by atoms with van der Waals surface area (Å²) in [6.45, 7) is 3.70. The lowest BCUT2D eigenvalue weighted by Crippen LogP contribution is -2.50. The lowest BCUT2D eigenvalue weighted by atomic mass is 10.1. The predicted molar refractivity (Wildman–Crippen MR) is 138 cm³/mol. The zero-order valence-corrected chi connectivity index (χ0v) is 20.0. The maximum atomic E-state index is 13.5. The number of carbonyl (C=O) groups excluding carboxylic acids is 3. The molecular weight excluding hydrogens is 464 g/mol. The molecule has 1 N–H and O–H groups in total. The van der Waals surface area contributed by atoms with Crippen molar-refractivity contribution in [2.24, 2.45) is 0 Å². The number of hydrogen-bond donors (Lipinski definition) is 1. The number of halogens is 1. The SMILES string of the molecule is CC(=O)c1ccc(N2CCN(C(=O)/C(=C/c3cccnc3)C(=O)Nc3ccc(Cl)cc3)CC2)cc1. The highest BCUT2D eigenvalue weighted by Gasteiger charge is 2.27. The van der Waals surface area contributed by atoms with Crippen molar-refractivity contribution in [1.29, 1.82) is 0 Å². The lowest BCUT2D eigenvalue weighted by molar-refractivity contribution is -0.129. The number of anilines is 2. The lowest BCUT2D eigenvalue weighted by Gasteiger charge is -2.36. The van der Waals surface area contributed by atoms with Crippen LogP contribution in [0.3, 0.4) is 0 Å². The van der Waals surface area contributed by atoms with Crippen LogP contribution in [0.25, 0.3) is 6.08 Å². The number of nitrogens with zero attached hydrogens (tertiary/aromatic N) is 3. The molecule has 1 aliphatic rings. The van der Waals surface area contributed by atoms with Crippen LogP contribution in [0.2, 0.25) is 5.02 Å². The summed E-state index contributed by atoms with van der Waals surface area (Å²) in [6, 6.07) is 17.7. The zero-order chi connectivity index (χ0) is 24.8. The van der Waals surface area contributed by atoms with Crippen LogP contribution in [0.4, 0.5) is 11.4 Å². The van der Waals surface area contributed by atoms with E-state index in [1.807, 2.05) is 24.3 Å². The molecule has 4 rings (SSSR count). The second-order valence-corrected chi connectivity index (χ2v) is 8.62. The van der Waals surface area contributed by atoms with Gasteiger partial charge in [-0.05, 0) is 73.2 Å². The Morgan fingerprint density at radius 2 is 1.63 bits per heavy atom. The minimum absolute atomic E-state index is 0.0248.